The van der Waals surface area contributed by atoms with Gasteiger partial charge in [-0.2, -0.15) is 0 Å². The summed E-state index contributed by atoms with van der Waals surface area (Å²) in [5.74, 6) is 0. The predicted octanol–water partition coefficient (Wildman–Crippen LogP) is 2.85. The zero-order chi connectivity index (χ0) is 13.0. The van der Waals surface area contributed by atoms with E-state index in [1.54, 1.807) is 0 Å². The van der Waals surface area contributed by atoms with Crippen LogP contribution in [0.15, 0.2) is 36.9 Å². The second kappa shape index (κ2) is 5.83. The van der Waals surface area contributed by atoms with Crippen molar-refractivity contribution in [1.29, 1.82) is 0 Å². The van der Waals surface area contributed by atoms with E-state index in [1.807, 2.05) is 18.7 Å². The van der Waals surface area contributed by atoms with Crippen molar-refractivity contribution in [2.75, 3.05) is 6.54 Å². The number of hydrogen-bond acceptors (Lipinski definition) is 2. The van der Waals surface area contributed by atoms with Gasteiger partial charge in [-0.1, -0.05) is 29.3 Å². The minimum absolute atomic E-state index is 0.382. The Kier molecular flexibility index (Phi) is 4.15. The van der Waals surface area contributed by atoms with Gasteiger partial charge in [-0.15, -0.1) is 0 Å². The lowest BCUT2D eigenvalue weighted by molar-refractivity contribution is 0.530. The molecule has 1 atom stereocenters. The van der Waals surface area contributed by atoms with Crippen molar-refractivity contribution in [2.45, 2.75) is 33.4 Å². The van der Waals surface area contributed by atoms with Gasteiger partial charge in [-0.3, -0.25) is 0 Å². The number of hydrogen-bond donors (Lipinski definition) is 1. The van der Waals surface area contributed by atoms with E-state index in [9.17, 15) is 0 Å². The van der Waals surface area contributed by atoms with Crippen molar-refractivity contribution in [3.63, 3.8) is 0 Å². The van der Waals surface area contributed by atoms with Crippen LogP contribution in [0.25, 0.3) is 0 Å². The molecule has 0 saturated heterocycles. The van der Waals surface area contributed by atoms with Gasteiger partial charge in [-0.25, -0.2) is 4.98 Å². The van der Waals surface area contributed by atoms with Crippen molar-refractivity contribution in [1.82, 2.24) is 14.9 Å². The van der Waals surface area contributed by atoms with Crippen molar-refractivity contribution < 1.29 is 0 Å². The van der Waals surface area contributed by atoms with Crippen LogP contribution in [0, 0.1) is 13.8 Å². The first kappa shape index (κ1) is 12.8. The summed E-state index contributed by atoms with van der Waals surface area (Å²) in [5, 5.41) is 3.54. The van der Waals surface area contributed by atoms with Gasteiger partial charge < -0.3 is 9.88 Å². The Morgan fingerprint density at radius 1 is 1.22 bits per heavy atom. The highest BCUT2D eigenvalue weighted by Gasteiger charge is 2.05. The minimum atomic E-state index is 0.382. The lowest BCUT2D eigenvalue weighted by atomic mass is 10.0. The molecule has 96 valence electrons. The number of imidazole rings is 1. The van der Waals surface area contributed by atoms with E-state index < -0.39 is 0 Å². The summed E-state index contributed by atoms with van der Waals surface area (Å²) in [6.07, 6.45) is 5.65. The Morgan fingerprint density at radius 3 is 2.56 bits per heavy atom. The van der Waals surface area contributed by atoms with Crippen molar-refractivity contribution >= 4 is 0 Å². The fourth-order valence-electron chi connectivity index (χ4n) is 2.21. The van der Waals surface area contributed by atoms with Gasteiger partial charge in [0.05, 0.1) is 6.33 Å². The number of nitrogens with zero attached hydrogens (tertiary/aromatic N) is 2. The second-order valence-electron chi connectivity index (χ2n) is 4.90. The first-order valence-corrected chi connectivity index (χ1v) is 6.42. The SMILES string of the molecule is Cc1cc(C)cc(C(C)NCCn2ccnc2)c1. The van der Waals surface area contributed by atoms with Crippen molar-refractivity contribution in [2.24, 2.45) is 0 Å². The molecule has 0 aliphatic heterocycles. The van der Waals surface area contributed by atoms with Gasteiger partial charge in [0.2, 0.25) is 0 Å². The number of aryl methyl sites for hydroxylation is 2. The topological polar surface area (TPSA) is 29.9 Å². The Morgan fingerprint density at radius 2 is 1.94 bits per heavy atom. The van der Waals surface area contributed by atoms with E-state index >= 15 is 0 Å². The average molecular weight is 243 g/mol. The molecular formula is C15H21N3. The number of benzene rings is 1. The molecule has 1 aromatic carbocycles. The summed E-state index contributed by atoms with van der Waals surface area (Å²) in [6, 6.07) is 7.10. The molecule has 1 aromatic heterocycles. The highest BCUT2D eigenvalue weighted by atomic mass is 15.0. The third-order valence-corrected chi connectivity index (χ3v) is 3.12. The smallest absolute Gasteiger partial charge is 0.0946 e. The van der Waals surface area contributed by atoms with Crippen molar-refractivity contribution in [3.05, 3.63) is 53.6 Å². The highest BCUT2D eigenvalue weighted by Crippen LogP contribution is 2.16. The summed E-state index contributed by atoms with van der Waals surface area (Å²) in [6.45, 7) is 8.41. The molecule has 0 fully saturated rings. The summed E-state index contributed by atoms with van der Waals surface area (Å²) in [4.78, 5) is 4.04. The third kappa shape index (κ3) is 3.44. The third-order valence-electron chi connectivity index (χ3n) is 3.12. The second-order valence-corrected chi connectivity index (χ2v) is 4.90. The molecule has 0 aliphatic rings. The molecule has 0 bridgehead atoms. The van der Waals surface area contributed by atoms with Gasteiger partial charge in [0.1, 0.15) is 0 Å². The molecule has 2 aromatic rings. The van der Waals surface area contributed by atoms with Gasteiger partial charge in [0.25, 0.3) is 0 Å². The molecule has 0 spiro atoms. The van der Waals surface area contributed by atoms with Crippen LogP contribution in [0.1, 0.15) is 29.7 Å². The summed E-state index contributed by atoms with van der Waals surface area (Å²) in [7, 11) is 0. The Hall–Kier alpha value is -1.61. The molecule has 18 heavy (non-hydrogen) atoms. The summed E-state index contributed by atoms with van der Waals surface area (Å²) in [5.41, 5.74) is 4.01. The van der Waals surface area contributed by atoms with E-state index in [1.165, 1.54) is 16.7 Å². The molecule has 2 rings (SSSR count). The Bertz CT molecular complexity index is 468. The first-order chi connectivity index (χ1) is 8.65. The van der Waals surface area contributed by atoms with Crippen LogP contribution in [-0.4, -0.2) is 16.1 Å². The van der Waals surface area contributed by atoms with E-state index in [0.29, 0.717) is 6.04 Å². The van der Waals surface area contributed by atoms with E-state index in [4.69, 9.17) is 0 Å². The number of rotatable bonds is 5. The van der Waals surface area contributed by atoms with Crippen LogP contribution in [0.2, 0.25) is 0 Å². The maximum atomic E-state index is 4.04. The molecule has 3 heteroatoms. The molecule has 3 nitrogen and oxygen atoms in total. The largest absolute Gasteiger partial charge is 0.336 e. The standard InChI is InChI=1S/C15H21N3/c1-12-8-13(2)10-15(9-12)14(3)17-5-7-18-6-4-16-11-18/h4,6,8-11,14,17H,5,7H2,1-3H3. The molecule has 1 unspecified atom stereocenters. The average Bonchev–Trinajstić information content (AvgIpc) is 2.80. The maximum Gasteiger partial charge on any atom is 0.0946 e. The number of aromatic nitrogens is 2. The van der Waals surface area contributed by atoms with Gasteiger partial charge >= 0.3 is 0 Å². The molecule has 0 radical (unpaired) electrons. The summed E-state index contributed by atoms with van der Waals surface area (Å²) >= 11 is 0. The molecule has 0 saturated carbocycles. The Balaban J connectivity index is 1.89. The van der Waals surface area contributed by atoms with E-state index in [-0.39, 0.29) is 0 Å². The zero-order valence-corrected chi connectivity index (χ0v) is 11.4. The highest BCUT2D eigenvalue weighted by molar-refractivity contribution is 5.30. The van der Waals surface area contributed by atoms with Gasteiger partial charge in [0.15, 0.2) is 0 Å². The fourth-order valence-corrected chi connectivity index (χ4v) is 2.21. The van der Waals surface area contributed by atoms with Crippen LogP contribution < -0.4 is 5.32 Å². The van der Waals surface area contributed by atoms with Crippen molar-refractivity contribution in [3.8, 4) is 0 Å². The minimum Gasteiger partial charge on any atom is -0.336 e. The predicted molar refractivity (Wildman–Crippen MR) is 74.6 cm³/mol. The van der Waals surface area contributed by atoms with Gasteiger partial charge in [-0.05, 0) is 26.3 Å². The van der Waals surface area contributed by atoms with Crippen LogP contribution >= 0.6 is 0 Å². The van der Waals surface area contributed by atoms with Gasteiger partial charge in [0, 0.05) is 31.5 Å². The van der Waals surface area contributed by atoms with Crippen LogP contribution in [0.4, 0.5) is 0 Å². The molecule has 1 N–H and O–H groups in total. The quantitative estimate of drug-likeness (QED) is 0.875. The lowest BCUT2D eigenvalue weighted by Gasteiger charge is -2.16. The van der Waals surface area contributed by atoms with E-state index in [0.717, 1.165) is 13.1 Å². The maximum absolute atomic E-state index is 4.04. The Labute approximate surface area is 109 Å². The fraction of sp³-hybridized carbons (Fsp3) is 0.400. The zero-order valence-electron chi connectivity index (χ0n) is 11.4. The summed E-state index contributed by atoms with van der Waals surface area (Å²) < 4.78 is 2.08. The lowest BCUT2D eigenvalue weighted by Crippen LogP contribution is -2.23. The van der Waals surface area contributed by atoms with Crippen LogP contribution in [0.3, 0.4) is 0 Å². The monoisotopic (exact) mass is 243 g/mol. The molecule has 1 heterocycles. The normalized spacial score (nSPS) is 12.6. The van der Waals surface area contributed by atoms with Crippen LogP contribution in [0.5, 0.6) is 0 Å². The van der Waals surface area contributed by atoms with E-state index in [2.05, 4.69) is 53.8 Å². The van der Waals surface area contributed by atoms with Crippen LogP contribution in [-0.2, 0) is 6.54 Å². The molecule has 0 amide bonds. The first-order valence-electron chi connectivity index (χ1n) is 6.42. The molecular weight excluding hydrogens is 222 g/mol. The molecule has 0 aliphatic carbocycles. The number of nitrogens with one attached hydrogen (secondary N) is 1.